The Bertz CT molecular complexity index is 558. The fourth-order valence-electron chi connectivity index (χ4n) is 1.80. The molecule has 17 heavy (non-hydrogen) atoms. The third-order valence-electron chi connectivity index (χ3n) is 2.54. The van der Waals surface area contributed by atoms with E-state index < -0.39 is 17.6 Å². The Hall–Kier alpha value is -2.14. The largest absolute Gasteiger partial charge is 0.418 e. The number of likely N-dealkylation sites (N-methyl/N-ethyl adjacent to an activating group) is 1. The normalized spacial score (nSPS) is 14.9. The lowest BCUT2D eigenvalue weighted by Crippen LogP contribution is -2.27. The highest BCUT2D eigenvalue weighted by atomic mass is 19.4. The third kappa shape index (κ3) is 1.52. The van der Waals surface area contributed by atoms with Crippen LogP contribution < -0.4 is 4.90 Å². The Labute approximate surface area is 93.9 Å². The smallest absolute Gasteiger partial charge is 0.361 e. The van der Waals surface area contributed by atoms with Crippen molar-refractivity contribution in [2.45, 2.75) is 6.18 Å². The number of hydrogen-bond acceptors (Lipinski definition) is 1. The van der Waals surface area contributed by atoms with Gasteiger partial charge in [-0.2, -0.15) is 18.0 Å². The molecular formula is C10H6F3N3O. The molecule has 0 atom stereocenters. The maximum absolute atomic E-state index is 12.7. The fourth-order valence-corrected chi connectivity index (χ4v) is 1.80. The monoisotopic (exact) mass is 241 g/mol. The van der Waals surface area contributed by atoms with Crippen molar-refractivity contribution in [2.24, 2.45) is 0 Å². The molecule has 1 aliphatic heterocycles. The van der Waals surface area contributed by atoms with E-state index in [4.69, 9.17) is 5.53 Å². The minimum Gasteiger partial charge on any atom is -0.361 e. The van der Waals surface area contributed by atoms with Crippen molar-refractivity contribution < 1.29 is 22.8 Å². The van der Waals surface area contributed by atoms with Gasteiger partial charge in [-0.15, -0.1) is 0 Å². The highest BCUT2D eigenvalue weighted by Gasteiger charge is 2.45. The molecule has 0 spiro atoms. The first kappa shape index (κ1) is 11.3. The number of fused-ring (bicyclic) bond motifs is 1. The second kappa shape index (κ2) is 3.43. The number of hydrogen-bond donors (Lipinski definition) is 0. The summed E-state index contributed by atoms with van der Waals surface area (Å²) in [5, 5.41) is 0. The number of halogens is 3. The molecule has 7 heteroatoms. The lowest BCUT2D eigenvalue weighted by Gasteiger charge is -2.15. The van der Waals surface area contributed by atoms with Crippen molar-refractivity contribution in [3.63, 3.8) is 0 Å². The zero-order valence-electron chi connectivity index (χ0n) is 8.62. The lowest BCUT2D eigenvalue weighted by atomic mass is 10.1. The summed E-state index contributed by atoms with van der Waals surface area (Å²) in [5.41, 5.74) is 7.05. The maximum atomic E-state index is 12.7. The van der Waals surface area contributed by atoms with Crippen LogP contribution in [0.25, 0.3) is 5.53 Å². The predicted molar refractivity (Wildman–Crippen MR) is 52.6 cm³/mol. The highest BCUT2D eigenvalue weighted by Crippen LogP contribution is 2.40. The highest BCUT2D eigenvalue weighted by molar-refractivity contribution is 6.52. The van der Waals surface area contributed by atoms with Gasteiger partial charge in [0, 0.05) is 7.05 Å². The number of amides is 1. The van der Waals surface area contributed by atoms with Crippen molar-refractivity contribution >= 4 is 17.3 Å². The molecule has 2 rings (SSSR count). The van der Waals surface area contributed by atoms with E-state index in [1.54, 1.807) is 0 Å². The molecule has 4 nitrogen and oxygen atoms in total. The van der Waals surface area contributed by atoms with E-state index in [9.17, 15) is 18.0 Å². The Balaban J connectivity index is 2.79. The first-order valence-corrected chi connectivity index (χ1v) is 4.58. The topological polar surface area (TPSA) is 56.7 Å². The maximum Gasteiger partial charge on any atom is 0.418 e. The van der Waals surface area contributed by atoms with E-state index in [-0.39, 0.29) is 17.0 Å². The fraction of sp³-hybridized carbons (Fsp3) is 0.200. The molecule has 1 aliphatic rings. The number of carbonyl (C=O) groups is 1. The van der Waals surface area contributed by atoms with Gasteiger partial charge in [0.25, 0.3) is 0 Å². The van der Waals surface area contributed by atoms with Gasteiger partial charge in [-0.3, -0.25) is 4.79 Å². The Morgan fingerprint density at radius 1 is 1.35 bits per heavy atom. The summed E-state index contributed by atoms with van der Waals surface area (Å²) in [6.45, 7) is 0. The summed E-state index contributed by atoms with van der Waals surface area (Å²) in [6, 6.07) is 3.35. The van der Waals surface area contributed by atoms with Gasteiger partial charge in [-0.25, -0.2) is 0 Å². The molecule has 0 radical (unpaired) electrons. The summed E-state index contributed by atoms with van der Waals surface area (Å²) in [5.74, 6) is -0.765. The van der Waals surface area contributed by atoms with E-state index in [2.05, 4.69) is 4.79 Å². The molecule has 0 aliphatic carbocycles. The summed E-state index contributed by atoms with van der Waals surface area (Å²) in [6.07, 6.45) is -4.56. The number of benzene rings is 1. The number of alkyl halides is 3. The van der Waals surface area contributed by atoms with Gasteiger partial charge in [0.2, 0.25) is 0 Å². The number of para-hydroxylation sites is 1. The average molecular weight is 241 g/mol. The van der Waals surface area contributed by atoms with Crippen LogP contribution in [0.1, 0.15) is 11.1 Å². The van der Waals surface area contributed by atoms with Crippen LogP contribution in [0.3, 0.4) is 0 Å². The van der Waals surface area contributed by atoms with Gasteiger partial charge in [-0.05, 0) is 12.1 Å². The standard InChI is InChI=1S/C10H6F3N3O/c1-16-8-5(7(15-14)9(16)17)3-2-4-6(8)10(11,12)13/h2-4H,1H3. The van der Waals surface area contributed by atoms with Gasteiger partial charge >= 0.3 is 17.8 Å². The molecule has 1 amide bonds. The average Bonchev–Trinajstić information content (AvgIpc) is 2.50. The van der Waals surface area contributed by atoms with Gasteiger partial charge in [-0.1, -0.05) is 6.07 Å². The van der Waals surface area contributed by atoms with Crippen LogP contribution in [0.5, 0.6) is 0 Å². The van der Waals surface area contributed by atoms with Crippen molar-refractivity contribution in [1.82, 2.24) is 0 Å². The lowest BCUT2D eigenvalue weighted by molar-refractivity contribution is -0.137. The molecule has 0 bridgehead atoms. The zero-order chi connectivity index (χ0) is 12.8. The molecule has 1 heterocycles. The van der Waals surface area contributed by atoms with Crippen molar-refractivity contribution in [2.75, 3.05) is 11.9 Å². The van der Waals surface area contributed by atoms with E-state index in [1.807, 2.05) is 0 Å². The Kier molecular flexibility index (Phi) is 2.29. The molecule has 0 saturated carbocycles. The number of rotatable bonds is 0. The van der Waals surface area contributed by atoms with Gasteiger partial charge in [0.15, 0.2) is 0 Å². The first-order chi connectivity index (χ1) is 7.88. The van der Waals surface area contributed by atoms with E-state index in [0.717, 1.165) is 11.0 Å². The Morgan fingerprint density at radius 3 is 2.53 bits per heavy atom. The molecule has 1 aromatic rings. The molecule has 0 fully saturated rings. The Morgan fingerprint density at radius 2 is 2.00 bits per heavy atom. The first-order valence-electron chi connectivity index (χ1n) is 4.58. The van der Waals surface area contributed by atoms with Crippen LogP contribution in [0.4, 0.5) is 18.9 Å². The summed E-state index contributed by atoms with van der Waals surface area (Å²) < 4.78 is 38.2. The summed E-state index contributed by atoms with van der Waals surface area (Å²) in [4.78, 5) is 15.1. The second-order valence-corrected chi connectivity index (χ2v) is 3.51. The number of carbonyl (C=O) groups excluding carboxylic acids is 1. The van der Waals surface area contributed by atoms with Gasteiger partial charge in [0.1, 0.15) is 0 Å². The molecule has 0 aromatic heterocycles. The van der Waals surface area contributed by atoms with Crippen molar-refractivity contribution in [3.05, 3.63) is 34.9 Å². The number of nitrogens with zero attached hydrogens (tertiary/aromatic N) is 3. The van der Waals surface area contributed by atoms with Crippen molar-refractivity contribution in [3.8, 4) is 0 Å². The molecule has 88 valence electrons. The van der Waals surface area contributed by atoms with Gasteiger partial charge < -0.3 is 10.4 Å². The minimum absolute atomic E-state index is 0.0187. The SMILES string of the molecule is CN1C(=O)C(=[N+]=[N-])c2cccc(C(F)(F)F)c21. The molecule has 0 saturated heterocycles. The minimum atomic E-state index is -4.56. The van der Waals surface area contributed by atoms with E-state index in [0.29, 0.717) is 0 Å². The van der Waals surface area contributed by atoms with Gasteiger partial charge in [0.05, 0.1) is 16.8 Å². The molecule has 0 N–H and O–H groups in total. The predicted octanol–water partition coefficient (Wildman–Crippen LogP) is 1.70. The van der Waals surface area contributed by atoms with Crippen LogP contribution in [0, 0.1) is 0 Å². The van der Waals surface area contributed by atoms with Crippen LogP contribution in [-0.2, 0) is 11.0 Å². The number of anilines is 1. The molecular weight excluding hydrogens is 235 g/mol. The van der Waals surface area contributed by atoms with Crippen LogP contribution >= 0.6 is 0 Å². The van der Waals surface area contributed by atoms with E-state index in [1.165, 1.54) is 19.2 Å². The van der Waals surface area contributed by atoms with E-state index >= 15 is 0 Å². The summed E-state index contributed by atoms with van der Waals surface area (Å²) >= 11 is 0. The molecule has 1 aromatic carbocycles. The summed E-state index contributed by atoms with van der Waals surface area (Å²) in [7, 11) is 1.20. The second-order valence-electron chi connectivity index (χ2n) is 3.51. The third-order valence-corrected chi connectivity index (χ3v) is 2.54. The van der Waals surface area contributed by atoms with Crippen molar-refractivity contribution in [1.29, 1.82) is 0 Å². The zero-order valence-corrected chi connectivity index (χ0v) is 8.62. The molecule has 0 unspecified atom stereocenters. The quantitative estimate of drug-likeness (QED) is 0.503. The van der Waals surface area contributed by atoms with Crippen LogP contribution in [0.15, 0.2) is 18.2 Å². The van der Waals surface area contributed by atoms with Crippen LogP contribution in [0.2, 0.25) is 0 Å². The van der Waals surface area contributed by atoms with Crippen LogP contribution in [-0.4, -0.2) is 23.5 Å².